The molecule has 1 aromatic rings. The molecule has 1 aromatic carbocycles. The Bertz CT molecular complexity index is 857. The molecular formula is C21H28N4O4. The minimum atomic E-state index is -0.803. The minimum Gasteiger partial charge on any atom is -0.390 e. The number of nitrogens with zero attached hydrogens (tertiary/aromatic N) is 1. The van der Waals surface area contributed by atoms with Gasteiger partial charge in [-0.05, 0) is 31.4 Å². The van der Waals surface area contributed by atoms with Crippen molar-refractivity contribution in [2.45, 2.75) is 51.4 Å². The molecule has 156 valence electrons. The largest absolute Gasteiger partial charge is 0.390 e. The summed E-state index contributed by atoms with van der Waals surface area (Å²) in [6.45, 7) is 6.69. The van der Waals surface area contributed by atoms with E-state index in [1.807, 2.05) is 32.0 Å². The highest BCUT2D eigenvalue weighted by Crippen LogP contribution is 2.35. The summed E-state index contributed by atoms with van der Waals surface area (Å²) in [5, 5.41) is 19.5. The van der Waals surface area contributed by atoms with Crippen LogP contribution in [0, 0.1) is 5.41 Å². The summed E-state index contributed by atoms with van der Waals surface area (Å²) in [5.74, 6) is -0.840. The normalized spacial score (nSPS) is 23.6. The number of hydrogen-bond donors (Lipinski definition) is 4. The summed E-state index contributed by atoms with van der Waals surface area (Å²) < 4.78 is 0. The van der Waals surface area contributed by atoms with E-state index in [0.29, 0.717) is 31.6 Å². The van der Waals surface area contributed by atoms with Crippen LogP contribution in [0.25, 0.3) is 0 Å². The maximum Gasteiger partial charge on any atom is 0.255 e. The molecule has 0 saturated carbocycles. The van der Waals surface area contributed by atoms with E-state index in [-0.39, 0.29) is 23.7 Å². The van der Waals surface area contributed by atoms with Crippen molar-refractivity contribution in [1.82, 2.24) is 20.9 Å². The average Bonchev–Trinajstić information content (AvgIpc) is 2.93. The van der Waals surface area contributed by atoms with Gasteiger partial charge in [0.2, 0.25) is 11.8 Å². The molecule has 2 saturated heterocycles. The Labute approximate surface area is 170 Å². The fourth-order valence-corrected chi connectivity index (χ4v) is 4.47. The second kappa shape index (κ2) is 7.19. The van der Waals surface area contributed by atoms with Gasteiger partial charge in [-0.3, -0.25) is 19.7 Å². The predicted molar refractivity (Wildman–Crippen MR) is 106 cm³/mol. The van der Waals surface area contributed by atoms with Gasteiger partial charge in [0.05, 0.1) is 5.60 Å². The predicted octanol–water partition coefficient (Wildman–Crippen LogP) is -0.102. The fraction of sp³-hybridized carbons (Fsp3) is 0.571. The molecular weight excluding hydrogens is 372 g/mol. The lowest BCUT2D eigenvalue weighted by molar-refractivity contribution is -0.136. The number of amides is 3. The van der Waals surface area contributed by atoms with E-state index < -0.39 is 17.6 Å². The average molecular weight is 400 g/mol. The number of aliphatic hydroxyl groups is 1. The number of rotatable bonds is 6. The number of benzene rings is 1. The number of carbonyl (C=O) groups is 3. The Hall–Kier alpha value is -2.29. The molecule has 0 aromatic heterocycles. The topological polar surface area (TPSA) is 111 Å². The highest BCUT2D eigenvalue weighted by Gasteiger charge is 2.48. The first kappa shape index (κ1) is 20.0. The van der Waals surface area contributed by atoms with Gasteiger partial charge in [0.1, 0.15) is 6.04 Å². The zero-order chi connectivity index (χ0) is 20.8. The molecule has 4 N–H and O–H groups in total. The van der Waals surface area contributed by atoms with Gasteiger partial charge >= 0.3 is 0 Å². The lowest BCUT2D eigenvalue weighted by atomic mass is 9.69. The molecule has 3 aliphatic heterocycles. The molecule has 8 heteroatoms. The van der Waals surface area contributed by atoms with Gasteiger partial charge in [0, 0.05) is 50.1 Å². The first-order valence-electron chi connectivity index (χ1n) is 10.1. The van der Waals surface area contributed by atoms with Crippen molar-refractivity contribution in [2.24, 2.45) is 5.41 Å². The summed E-state index contributed by atoms with van der Waals surface area (Å²) >= 11 is 0. The zero-order valence-corrected chi connectivity index (χ0v) is 16.9. The van der Waals surface area contributed by atoms with Crippen molar-refractivity contribution in [3.63, 3.8) is 0 Å². The molecule has 2 fully saturated rings. The molecule has 4 rings (SSSR count). The van der Waals surface area contributed by atoms with E-state index >= 15 is 0 Å². The van der Waals surface area contributed by atoms with Crippen molar-refractivity contribution in [3.05, 3.63) is 34.9 Å². The van der Waals surface area contributed by atoms with Gasteiger partial charge in [0.25, 0.3) is 5.91 Å². The van der Waals surface area contributed by atoms with E-state index in [9.17, 15) is 19.5 Å². The first-order valence-corrected chi connectivity index (χ1v) is 10.1. The third kappa shape index (κ3) is 3.45. The van der Waals surface area contributed by atoms with Gasteiger partial charge in [0.15, 0.2) is 0 Å². The molecule has 0 aliphatic carbocycles. The van der Waals surface area contributed by atoms with Gasteiger partial charge in [-0.25, -0.2) is 0 Å². The number of nitrogens with one attached hydrogen (secondary N) is 3. The van der Waals surface area contributed by atoms with Crippen LogP contribution >= 0.6 is 0 Å². The SMILES string of the molecule is CC(C)(O)C1(CNCc2cccc3c2C(=O)N(C2CCC(=O)NC2=O)C3)CNC1. The van der Waals surface area contributed by atoms with Crippen LogP contribution < -0.4 is 16.0 Å². The molecule has 8 nitrogen and oxygen atoms in total. The first-order chi connectivity index (χ1) is 13.7. The van der Waals surface area contributed by atoms with Crippen LogP contribution in [0.15, 0.2) is 18.2 Å². The van der Waals surface area contributed by atoms with Crippen molar-refractivity contribution in [3.8, 4) is 0 Å². The molecule has 1 unspecified atom stereocenters. The number of piperidine rings is 1. The Kier molecular flexibility index (Phi) is 4.96. The Morgan fingerprint density at radius 1 is 1.28 bits per heavy atom. The lowest BCUT2D eigenvalue weighted by Gasteiger charge is -2.51. The molecule has 3 heterocycles. The number of fused-ring (bicyclic) bond motifs is 1. The summed E-state index contributed by atoms with van der Waals surface area (Å²) in [5.41, 5.74) is 1.41. The number of carbonyl (C=O) groups excluding carboxylic acids is 3. The van der Waals surface area contributed by atoms with Crippen molar-refractivity contribution >= 4 is 17.7 Å². The highest BCUT2D eigenvalue weighted by molar-refractivity contribution is 6.05. The minimum absolute atomic E-state index is 0.158. The summed E-state index contributed by atoms with van der Waals surface area (Å²) in [6, 6.07) is 5.16. The van der Waals surface area contributed by atoms with Gasteiger partial charge in [-0.2, -0.15) is 0 Å². The van der Waals surface area contributed by atoms with Crippen LogP contribution in [0.4, 0.5) is 0 Å². The Balaban J connectivity index is 1.46. The molecule has 3 aliphatic rings. The van der Waals surface area contributed by atoms with Crippen molar-refractivity contribution < 1.29 is 19.5 Å². The summed E-state index contributed by atoms with van der Waals surface area (Å²) in [7, 11) is 0. The summed E-state index contributed by atoms with van der Waals surface area (Å²) in [4.78, 5) is 38.3. The number of hydrogen-bond acceptors (Lipinski definition) is 6. The van der Waals surface area contributed by atoms with E-state index in [2.05, 4.69) is 16.0 Å². The molecule has 0 spiro atoms. The van der Waals surface area contributed by atoms with E-state index in [4.69, 9.17) is 0 Å². The Morgan fingerprint density at radius 2 is 2.03 bits per heavy atom. The van der Waals surface area contributed by atoms with Gasteiger partial charge in [-0.1, -0.05) is 18.2 Å². The Morgan fingerprint density at radius 3 is 2.66 bits per heavy atom. The smallest absolute Gasteiger partial charge is 0.255 e. The third-order valence-electron chi connectivity index (χ3n) is 6.64. The lowest BCUT2D eigenvalue weighted by Crippen LogP contribution is -2.67. The summed E-state index contributed by atoms with van der Waals surface area (Å²) in [6.07, 6.45) is 0.608. The third-order valence-corrected chi connectivity index (χ3v) is 6.64. The monoisotopic (exact) mass is 400 g/mol. The molecule has 0 radical (unpaired) electrons. The van der Waals surface area contributed by atoms with Crippen LogP contribution in [-0.2, 0) is 22.7 Å². The van der Waals surface area contributed by atoms with E-state index in [1.165, 1.54) is 0 Å². The molecule has 1 atom stereocenters. The maximum atomic E-state index is 13.1. The highest BCUT2D eigenvalue weighted by atomic mass is 16.3. The quantitative estimate of drug-likeness (QED) is 0.496. The standard InChI is InChI=1S/C21H28N4O4/c1-20(2,29)21(11-23-12-21)10-22-8-13-4-3-5-14-9-25(19(28)17(13)14)15-6-7-16(26)24-18(15)27/h3-5,15,22-23,29H,6-12H2,1-2H3,(H,24,26,27). The fourth-order valence-electron chi connectivity index (χ4n) is 4.47. The second-order valence-corrected chi connectivity index (χ2v) is 8.90. The van der Waals surface area contributed by atoms with Crippen LogP contribution in [-0.4, -0.2) is 59.0 Å². The molecule has 3 amide bonds. The van der Waals surface area contributed by atoms with Crippen LogP contribution in [0.1, 0.15) is 48.2 Å². The van der Waals surface area contributed by atoms with Crippen LogP contribution in [0.2, 0.25) is 0 Å². The molecule has 0 bridgehead atoms. The van der Waals surface area contributed by atoms with E-state index in [0.717, 1.165) is 24.2 Å². The van der Waals surface area contributed by atoms with E-state index in [1.54, 1.807) is 4.90 Å². The van der Waals surface area contributed by atoms with Crippen molar-refractivity contribution in [2.75, 3.05) is 19.6 Å². The second-order valence-electron chi connectivity index (χ2n) is 8.90. The maximum absolute atomic E-state index is 13.1. The van der Waals surface area contributed by atoms with Gasteiger partial charge < -0.3 is 20.6 Å². The van der Waals surface area contributed by atoms with Gasteiger partial charge in [-0.15, -0.1) is 0 Å². The zero-order valence-electron chi connectivity index (χ0n) is 16.9. The number of imide groups is 1. The molecule has 29 heavy (non-hydrogen) atoms. The van der Waals surface area contributed by atoms with Crippen LogP contribution in [0.3, 0.4) is 0 Å². The van der Waals surface area contributed by atoms with Crippen LogP contribution in [0.5, 0.6) is 0 Å². The van der Waals surface area contributed by atoms with Crippen molar-refractivity contribution in [1.29, 1.82) is 0 Å².